The highest BCUT2D eigenvalue weighted by Gasteiger charge is 2.13. The molecule has 0 atom stereocenters. The van der Waals surface area contributed by atoms with Crippen LogP contribution in [0, 0.1) is 0 Å². The van der Waals surface area contributed by atoms with Crippen LogP contribution >= 0.6 is 31.9 Å². The largest absolute Gasteiger partial charge is 0.369 e. The van der Waals surface area contributed by atoms with Gasteiger partial charge in [-0.25, -0.2) is 4.98 Å². The molecule has 0 bridgehead atoms. The summed E-state index contributed by atoms with van der Waals surface area (Å²) in [5.74, 6) is 0.402. The van der Waals surface area contributed by atoms with Crippen molar-refractivity contribution in [2.45, 2.75) is 13.3 Å². The van der Waals surface area contributed by atoms with Crippen LogP contribution in [0.15, 0.2) is 45.5 Å². The van der Waals surface area contributed by atoms with Crippen LogP contribution in [0.2, 0.25) is 0 Å². The Bertz CT molecular complexity index is 629. The third-order valence-corrected chi connectivity index (χ3v) is 3.71. The molecular formula is C15H15Br2N3O. The summed E-state index contributed by atoms with van der Waals surface area (Å²) in [6, 6.07) is 9.20. The molecule has 0 saturated heterocycles. The van der Waals surface area contributed by atoms with Crippen molar-refractivity contribution in [2.75, 3.05) is 17.2 Å². The minimum atomic E-state index is -0.190. The minimum Gasteiger partial charge on any atom is -0.369 e. The van der Waals surface area contributed by atoms with Crippen LogP contribution in [0.4, 0.5) is 11.5 Å². The molecule has 2 aromatic rings. The second-order valence-electron chi connectivity index (χ2n) is 4.44. The number of nitrogens with one attached hydrogen (secondary N) is 2. The van der Waals surface area contributed by atoms with E-state index in [9.17, 15) is 4.79 Å². The smallest absolute Gasteiger partial charge is 0.259 e. The molecule has 0 fully saturated rings. The first-order valence-corrected chi connectivity index (χ1v) is 8.15. The van der Waals surface area contributed by atoms with Crippen molar-refractivity contribution in [1.82, 2.24) is 4.98 Å². The second-order valence-corrected chi connectivity index (χ2v) is 6.27. The van der Waals surface area contributed by atoms with Gasteiger partial charge in [-0.1, -0.05) is 22.9 Å². The normalized spacial score (nSPS) is 10.2. The predicted molar refractivity (Wildman–Crippen MR) is 92.8 cm³/mol. The summed E-state index contributed by atoms with van der Waals surface area (Å²) in [6.45, 7) is 2.83. The van der Waals surface area contributed by atoms with Gasteiger partial charge in [-0.2, -0.15) is 0 Å². The van der Waals surface area contributed by atoms with E-state index >= 15 is 0 Å². The number of rotatable bonds is 5. The van der Waals surface area contributed by atoms with Crippen LogP contribution < -0.4 is 10.6 Å². The topological polar surface area (TPSA) is 54.0 Å². The molecule has 0 saturated carbocycles. The van der Waals surface area contributed by atoms with Crippen LogP contribution in [0.25, 0.3) is 0 Å². The van der Waals surface area contributed by atoms with E-state index < -0.39 is 0 Å². The van der Waals surface area contributed by atoms with Crippen molar-refractivity contribution in [3.8, 4) is 0 Å². The first kappa shape index (κ1) is 16.0. The van der Waals surface area contributed by atoms with Crippen molar-refractivity contribution >= 4 is 49.3 Å². The van der Waals surface area contributed by atoms with Gasteiger partial charge in [0.1, 0.15) is 5.82 Å². The second kappa shape index (κ2) is 7.56. The molecule has 6 heteroatoms. The van der Waals surface area contributed by atoms with Crippen molar-refractivity contribution in [3.63, 3.8) is 0 Å². The molecule has 0 aliphatic carbocycles. The number of amides is 1. The van der Waals surface area contributed by atoms with Crippen molar-refractivity contribution in [3.05, 3.63) is 51.0 Å². The number of hydrogen-bond donors (Lipinski definition) is 2. The summed E-state index contributed by atoms with van der Waals surface area (Å²) in [5, 5.41) is 6.03. The van der Waals surface area contributed by atoms with E-state index in [1.165, 1.54) is 0 Å². The SMILES string of the molecule is CCCNc1ncc(Br)cc1C(=O)Nc1ccc(Br)cc1. The summed E-state index contributed by atoms with van der Waals surface area (Å²) in [5.41, 5.74) is 1.25. The summed E-state index contributed by atoms with van der Waals surface area (Å²) >= 11 is 6.72. The molecule has 0 spiro atoms. The number of halogens is 2. The standard InChI is InChI=1S/C15H15Br2N3O/c1-2-7-18-14-13(8-11(17)9-19-14)15(21)20-12-5-3-10(16)4-6-12/h3-6,8-9H,2,7H2,1H3,(H,18,19)(H,20,21). The molecular weight excluding hydrogens is 398 g/mol. The Morgan fingerprint density at radius 3 is 2.57 bits per heavy atom. The van der Waals surface area contributed by atoms with Gasteiger partial charge in [0.25, 0.3) is 5.91 Å². The molecule has 0 unspecified atom stereocenters. The molecule has 0 aliphatic heterocycles. The number of nitrogens with zero attached hydrogens (tertiary/aromatic N) is 1. The molecule has 2 rings (SSSR count). The van der Waals surface area contributed by atoms with E-state index in [0.717, 1.165) is 27.6 Å². The number of pyridine rings is 1. The predicted octanol–water partition coefficient (Wildman–Crippen LogP) is 4.68. The molecule has 1 aromatic heterocycles. The van der Waals surface area contributed by atoms with Crippen LogP contribution in [0.5, 0.6) is 0 Å². The van der Waals surface area contributed by atoms with Gasteiger partial charge in [0, 0.05) is 27.4 Å². The maximum absolute atomic E-state index is 12.4. The highest BCUT2D eigenvalue weighted by atomic mass is 79.9. The van der Waals surface area contributed by atoms with Crippen LogP contribution in [-0.4, -0.2) is 17.4 Å². The van der Waals surface area contributed by atoms with E-state index in [1.807, 2.05) is 24.3 Å². The Hall–Kier alpha value is -1.40. The lowest BCUT2D eigenvalue weighted by Gasteiger charge is -2.11. The van der Waals surface area contributed by atoms with E-state index in [-0.39, 0.29) is 5.91 Å². The zero-order valence-electron chi connectivity index (χ0n) is 11.5. The molecule has 1 amide bonds. The lowest BCUT2D eigenvalue weighted by molar-refractivity contribution is 0.102. The van der Waals surface area contributed by atoms with Gasteiger partial charge in [-0.15, -0.1) is 0 Å². The highest BCUT2D eigenvalue weighted by molar-refractivity contribution is 9.10. The van der Waals surface area contributed by atoms with Crippen molar-refractivity contribution in [1.29, 1.82) is 0 Å². The van der Waals surface area contributed by atoms with Gasteiger partial charge in [-0.3, -0.25) is 4.79 Å². The van der Waals surface area contributed by atoms with Gasteiger partial charge in [0.2, 0.25) is 0 Å². The average molecular weight is 413 g/mol. The fraction of sp³-hybridized carbons (Fsp3) is 0.200. The Morgan fingerprint density at radius 1 is 1.19 bits per heavy atom. The quantitative estimate of drug-likeness (QED) is 0.749. The molecule has 2 N–H and O–H groups in total. The molecule has 110 valence electrons. The van der Waals surface area contributed by atoms with E-state index in [4.69, 9.17) is 0 Å². The molecule has 0 radical (unpaired) electrons. The summed E-state index contributed by atoms with van der Waals surface area (Å²) in [7, 11) is 0. The van der Waals surface area contributed by atoms with Gasteiger partial charge in [0.15, 0.2) is 0 Å². The van der Waals surface area contributed by atoms with Crippen molar-refractivity contribution in [2.24, 2.45) is 0 Å². The number of aromatic nitrogens is 1. The van der Waals surface area contributed by atoms with Gasteiger partial charge >= 0.3 is 0 Å². The Kier molecular flexibility index (Phi) is 5.76. The molecule has 0 aliphatic rings. The number of carbonyl (C=O) groups excluding carboxylic acids is 1. The fourth-order valence-corrected chi connectivity index (χ4v) is 2.32. The van der Waals surface area contributed by atoms with Gasteiger partial charge in [0.05, 0.1) is 5.56 Å². The van der Waals surface area contributed by atoms with Crippen LogP contribution in [-0.2, 0) is 0 Å². The first-order valence-electron chi connectivity index (χ1n) is 6.56. The van der Waals surface area contributed by atoms with Gasteiger partial charge < -0.3 is 10.6 Å². The Labute approximate surface area is 140 Å². The van der Waals surface area contributed by atoms with Crippen LogP contribution in [0.1, 0.15) is 23.7 Å². The van der Waals surface area contributed by atoms with E-state index in [0.29, 0.717) is 11.4 Å². The third-order valence-electron chi connectivity index (χ3n) is 2.74. The molecule has 4 nitrogen and oxygen atoms in total. The number of benzene rings is 1. The Balaban J connectivity index is 2.20. The number of anilines is 2. The zero-order chi connectivity index (χ0) is 15.2. The lowest BCUT2D eigenvalue weighted by Crippen LogP contribution is -2.16. The minimum absolute atomic E-state index is 0.190. The lowest BCUT2D eigenvalue weighted by atomic mass is 10.2. The van der Waals surface area contributed by atoms with E-state index in [2.05, 4.69) is 54.4 Å². The number of hydrogen-bond acceptors (Lipinski definition) is 3. The maximum atomic E-state index is 12.4. The first-order chi connectivity index (χ1) is 10.1. The summed E-state index contributed by atoms with van der Waals surface area (Å²) in [6.07, 6.45) is 2.64. The van der Waals surface area contributed by atoms with Crippen LogP contribution in [0.3, 0.4) is 0 Å². The highest BCUT2D eigenvalue weighted by Crippen LogP contribution is 2.20. The zero-order valence-corrected chi connectivity index (χ0v) is 14.7. The average Bonchev–Trinajstić information content (AvgIpc) is 2.48. The Morgan fingerprint density at radius 2 is 1.90 bits per heavy atom. The maximum Gasteiger partial charge on any atom is 0.259 e. The fourth-order valence-electron chi connectivity index (χ4n) is 1.73. The number of carbonyl (C=O) groups is 1. The summed E-state index contributed by atoms with van der Waals surface area (Å²) < 4.78 is 1.74. The molecule has 1 heterocycles. The van der Waals surface area contributed by atoms with Crippen molar-refractivity contribution < 1.29 is 4.79 Å². The monoisotopic (exact) mass is 411 g/mol. The molecule has 21 heavy (non-hydrogen) atoms. The van der Waals surface area contributed by atoms with Gasteiger partial charge in [-0.05, 0) is 52.7 Å². The van der Waals surface area contributed by atoms with E-state index in [1.54, 1.807) is 12.3 Å². The summed E-state index contributed by atoms with van der Waals surface area (Å²) in [4.78, 5) is 16.7. The third kappa shape index (κ3) is 4.54. The molecule has 1 aromatic carbocycles.